The van der Waals surface area contributed by atoms with Crippen LogP contribution >= 0.6 is 0 Å². The van der Waals surface area contributed by atoms with E-state index in [1.807, 2.05) is 0 Å². The van der Waals surface area contributed by atoms with Crippen LogP contribution in [0.25, 0.3) is 0 Å². The minimum Gasteiger partial charge on any atom is -0.482 e. The van der Waals surface area contributed by atoms with Gasteiger partial charge in [0.25, 0.3) is 5.91 Å². The third kappa shape index (κ3) is 3.20. The molecule has 0 saturated carbocycles. The van der Waals surface area contributed by atoms with E-state index < -0.39 is 18.4 Å². The number of fused-ring (bicyclic) bond motifs is 1. The molecule has 0 bridgehead atoms. The van der Waals surface area contributed by atoms with Gasteiger partial charge in [-0.1, -0.05) is 5.16 Å². The fraction of sp³-hybridized carbons (Fsp3) is 0.200. The molecule has 1 aliphatic rings. The molecule has 1 aliphatic heterocycles. The van der Waals surface area contributed by atoms with Gasteiger partial charge in [0.1, 0.15) is 5.75 Å². The number of Topliss-reactive ketones (excluding diaryl/α,β-unsaturated/α-hetero) is 1. The number of hydrogen-bond donors (Lipinski definition) is 1. The number of ether oxygens (including phenoxy) is 2. The van der Waals surface area contributed by atoms with Gasteiger partial charge >= 0.3 is 5.97 Å². The summed E-state index contributed by atoms with van der Waals surface area (Å²) in [7, 11) is 0. The van der Waals surface area contributed by atoms with Crippen molar-refractivity contribution in [3.05, 3.63) is 41.3 Å². The largest absolute Gasteiger partial charge is 0.482 e. The van der Waals surface area contributed by atoms with E-state index in [1.54, 1.807) is 13.0 Å². The number of aryl methyl sites for hydroxylation is 1. The highest BCUT2D eigenvalue weighted by Crippen LogP contribution is 2.28. The number of ketones is 1. The second kappa shape index (κ2) is 5.91. The molecule has 8 heteroatoms. The number of aromatic nitrogens is 1. The molecule has 0 spiro atoms. The quantitative estimate of drug-likeness (QED) is 0.670. The van der Waals surface area contributed by atoms with Gasteiger partial charge in [-0.25, -0.2) is 4.79 Å². The number of nitrogens with zero attached hydrogens (tertiary/aromatic N) is 1. The first-order valence-corrected chi connectivity index (χ1v) is 6.73. The van der Waals surface area contributed by atoms with Crippen molar-refractivity contribution in [1.29, 1.82) is 0 Å². The second-order valence-corrected chi connectivity index (χ2v) is 4.88. The molecule has 0 fully saturated rings. The normalized spacial score (nSPS) is 12.8. The predicted octanol–water partition coefficient (Wildman–Crippen LogP) is 1.35. The van der Waals surface area contributed by atoms with Crippen molar-refractivity contribution in [3.63, 3.8) is 0 Å². The van der Waals surface area contributed by atoms with Crippen LogP contribution in [0, 0.1) is 6.92 Å². The van der Waals surface area contributed by atoms with Crippen LogP contribution in [0.3, 0.4) is 0 Å². The maximum Gasteiger partial charge on any atom is 0.377 e. The minimum atomic E-state index is -0.770. The third-order valence-corrected chi connectivity index (χ3v) is 3.10. The number of hydrogen-bond acceptors (Lipinski definition) is 7. The monoisotopic (exact) mass is 316 g/mol. The highest BCUT2D eigenvalue weighted by molar-refractivity contribution is 6.02. The molecule has 0 saturated heterocycles. The maximum atomic E-state index is 12.1. The first-order chi connectivity index (χ1) is 11.0. The molecule has 0 unspecified atom stereocenters. The first kappa shape index (κ1) is 14.8. The van der Waals surface area contributed by atoms with Crippen molar-refractivity contribution in [2.75, 3.05) is 18.5 Å². The summed E-state index contributed by atoms with van der Waals surface area (Å²) in [5.41, 5.74) is 1.23. The van der Waals surface area contributed by atoms with Crippen molar-refractivity contribution in [3.8, 4) is 5.75 Å². The van der Waals surface area contributed by atoms with Crippen molar-refractivity contribution < 1.29 is 28.4 Å². The third-order valence-electron chi connectivity index (χ3n) is 3.10. The topological polar surface area (TPSA) is 108 Å². The van der Waals surface area contributed by atoms with Crippen LogP contribution in [0.5, 0.6) is 5.75 Å². The Morgan fingerprint density at radius 1 is 1.35 bits per heavy atom. The zero-order valence-corrected chi connectivity index (χ0v) is 12.1. The molecule has 0 aliphatic carbocycles. The zero-order valence-electron chi connectivity index (χ0n) is 12.1. The van der Waals surface area contributed by atoms with Gasteiger partial charge < -0.3 is 19.3 Å². The Bertz CT molecular complexity index is 795. The van der Waals surface area contributed by atoms with Gasteiger partial charge in [0.15, 0.2) is 19.0 Å². The lowest BCUT2D eigenvalue weighted by Gasteiger charge is -2.18. The molecule has 1 N–H and O–H groups in total. The lowest BCUT2D eigenvalue weighted by molar-refractivity contribution is -0.118. The fourth-order valence-electron chi connectivity index (χ4n) is 2.00. The van der Waals surface area contributed by atoms with Gasteiger partial charge in [0, 0.05) is 11.6 Å². The Balaban J connectivity index is 1.65. The molecule has 1 amide bonds. The van der Waals surface area contributed by atoms with Crippen molar-refractivity contribution in [1.82, 2.24) is 5.16 Å². The highest BCUT2D eigenvalue weighted by atomic mass is 16.6. The Morgan fingerprint density at radius 3 is 2.91 bits per heavy atom. The van der Waals surface area contributed by atoms with Gasteiger partial charge in [0.2, 0.25) is 5.76 Å². The average molecular weight is 316 g/mol. The summed E-state index contributed by atoms with van der Waals surface area (Å²) in [6.45, 7) is 1.15. The van der Waals surface area contributed by atoms with E-state index in [-0.39, 0.29) is 23.8 Å². The molecule has 8 nitrogen and oxygen atoms in total. The van der Waals surface area contributed by atoms with E-state index in [2.05, 4.69) is 10.5 Å². The summed E-state index contributed by atoms with van der Waals surface area (Å²) in [5, 5.41) is 6.16. The lowest BCUT2D eigenvalue weighted by Crippen LogP contribution is -2.25. The van der Waals surface area contributed by atoms with Crippen LogP contribution in [-0.2, 0) is 9.53 Å². The number of nitrogens with one attached hydrogen (secondary N) is 1. The number of carbonyl (C=O) groups is 3. The molecule has 23 heavy (non-hydrogen) atoms. The summed E-state index contributed by atoms with van der Waals surface area (Å²) in [6.07, 6.45) is 0. The number of esters is 1. The SMILES string of the molecule is Cc1cc(C(=O)OCC(=O)c2ccc3c(c2)NC(=O)CO3)on1. The Kier molecular flexibility index (Phi) is 3.80. The Morgan fingerprint density at radius 2 is 2.17 bits per heavy atom. The smallest absolute Gasteiger partial charge is 0.377 e. The van der Waals surface area contributed by atoms with E-state index in [9.17, 15) is 14.4 Å². The first-order valence-electron chi connectivity index (χ1n) is 6.73. The second-order valence-electron chi connectivity index (χ2n) is 4.88. The van der Waals surface area contributed by atoms with Gasteiger partial charge in [-0.3, -0.25) is 9.59 Å². The van der Waals surface area contributed by atoms with E-state index in [1.165, 1.54) is 18.2 Å². The predicted molar refractivity (Wildman–Crippen MR) is 76.4 cm³/mol. The summed E-state index contributed by atoms with van der Waals surface area (Å²) in [5.74, 6) is -1.07. The molecule has 0 atom stereocenters. The number of carbonyl (C=O) groups excluding carboxylic acids is 3. The zero-order chi connectivity index (χ0) is 16.4. The molecule has 2 heterocycles. The number of rotatable bonds is 4. The molecular formula is C15H12N2O6. The molecule has 1 aromatic carbocycles. The number of benzene rings is 1. The summed E-state index contributed by atoms with van der Waals surface area (Å²) >= 11 is 0. The molecule has 0 radical (unpaired) electrons. The molecular weight excluding hydrogens is 304 g/mol. The fourth-order valence-corrected chi connectivity index (χ4v) is 2.00. The van der Waals surface area contributed by atoms with E-state index in [4.69, 9.17) is 14.0 Å². The van der Waals surface area contributed by atoms with Crippen molar-refractivity contribution in [2.45, 2.75) is 6.92 Å². The molecule has 118 valence electrons. The van der Waals surface area contributed by atoms with E-state index in [0.29, 0.717) is 17.1 Å². The van der Waals surface area contributed by atoms with Crippen LogP contribution in [0.4, 0.5) is 5.69 Å². The van der Waals surface area contributed by atoms with Crippen molar-refractivity contribution >= 4 is 23.3 Å². The lowest BCUT2D eigenvalue weighted by atomic mass is 10.1. The maximum absolute atomic E-state index is 12.1. The van der Waals surface area contributed by atoms with Gasteiger partial charge in [0.05, 0.1) is 11.4 Å². The minimum absolute atomic E-state index is 0.0610. The molecule has 2 aromatic rings. The van der Waals surface area contributed by atoms with Crippen LogP contribution in [0.1, 0.15) is 26.6 Å². The highest BCUT2D eigenvalue weighted by Gasteiger charge is 2.19. The number of anilines is 1. The molecule has 1 aromatic heterocycles. The van der Waals surface area contributed by atoms with Crippen LogP contribution in [0.2, 0.25) is 0 Å². The standard InChI is InChI=1S/C15H12N2O6/c1-8-4-13(23-17-8)15(20)22-6-11(18)9-2-3-12-10(5-9)16-14(19)7-21-12/h2-5H,6-7H2,1H3,(H,16,19). The van der Waals surface area contributed by atoms with E-state index >= 15 is 0 Å². The molecule has 3 rings (SSSR count). The van der Waals surface area contributed by atoms with Crippen LogP contribution in [-0.4, -0.2) is 36.0 Å². The number of amides is 1. The van der Waals surface area contributed by atoms with Gasteiger partial charge in [-0.15, -0.1) is 0 Å². The average Bonchev–Trinajstić information content (AvgIpc) is 2.98. The summed E-state index contributed by atoms with van der Waals surface area (Å²) in [4.78, 5) is 35.0. The van der Waals surface area contributed by atoms with Crippen LogP contribution < -0.4 is 10.1 Å². The van der Waals surface area contributed by atoms with E-state index in [0.717, 1.165) is 0 Å². The Labute approximate surface area is 130 Å². The Hall–Kier alpha value is -3.16. The van der Waals surface area contributed by atoms with Crippen LogP contribution in [0.15, 0.2) is 28.8 Å². The van der Waals surface area contributed by atoms with Gasteiger partial charge in [-0.2, -0.15) is 0 Å². The van der Waals surface area contributed by atoms with Crippen molar-refractivity contribution in [2.24, 2.45) is 0 Å². The van der Waals surface area contributed by atoms with Gasteiger partial charge in [-0.05, 0) is 25.1 Å². The summed E-state index contributed by atoms with van der Waals surface area (Å²) < 4.78 is 14.8. The summed E-state index contributed by atoms with van der Waals surface area (Å²) in [6, 6.07) is 5.99.